The van der Waals surface area contributed by atoms with E-state index in [0.717, 1.165) is 0 Å². The van der Waals surface area contributed by atoms with Crippen molar-refractivity contribution in [2.45, 2.75) is 13.0 Å². The molecule has 1 aromatic heterocycles. The van der Waals surface area contributed by atoms with Crippen LogP contribution >= 0.6 is 0 Å². The van der Waals surface area contributed by atoms with Gasteiger partial charge in [-0.05, 0) is 29.2 Å². The fourth-order valence-electron chi connectivity index (χ4n) is 2.61. The number of nitrogens with zero attached hydrogens (tertiary/aromatic N) is 4. The maximum atomic E-state index is 12.2. The van der Waals surface area contributed by atoms with Crippen molar-refractivity contribution in [3.8, 4) is 17.2 Å². The minimum Gasteiger partial charge on any atom is -0.497 e. The number of carbonyl (C=O) groups is 1. The first kappa shape index (κ1) is 21.2. The lowest BCUT2D eigenvalue weighted by Gasteiger charge is -2.10. The number of hydrogen-bond donors (Lipinski definition) is 1. The normalized spacial score (nSPS) is 10.4. The Kier molecular flexibility index (Phi) is 6.40. The number of rotatable bonds is 9. The fourth-order valence-corrected chi connectivity index (χ4v) is 2.61. The van der Waals surface area contributed by atoms with E-state index in [9.17, 15) is 25.0 Å². The molecule has 0 fully saturated rings. The van der Waals surface area contributed by atoms with Crippen molar-refractivity contribution < 1.29 is 24.1 Å². The second-order valence-electron chi connectivity index (χ2n) is 6.24. The van der Waals surface area contributed by atoms with Gasteiger partial charge in [-0.25, -0.2) is 0 Å². The van der Waals surface area contributed by atoms with Crippen molar-refractivity contribution in [1.82, 2.24) is 9.78 Å². The van der Waals surface area contributed by atoms with Crippen molar-refractivity contribution in [2.24, 2.45) is 0 Å². The molecule has 0 spiro atoms. The molecule has 2 aromatic carbocycles. The summed E-state index contributed by atoms with van der Waals surface area (Å²) < 4.78 is 12.0. The minimum absolute atomic E-state index is 0.0454. The van der Waals surface area contributed by atoms with Gasteiger partial charge < -0.3 is 24.9 Å². The number of amides is 1. The van der Waals surface area contributed by atoms with Gasteiger partial charge in [0.15, 0.2) is 0 Å². The van der Waals surface area contributed by atoms with E-state index in [1.54, 1.807) is 24.3 Å². The van der Waals surface area contributed by atoms with Crippen molar-refractivity contribution in [3.63, 3.8) is 0 Å². The third kappa shape index (κ3) is 5.76. The van der Waals surface area contributed by atoms with Gasteiger partial charge in [-0.1, -0.05) is 0 Å². The van der Waals surface area contributed by atoms with E-state index >= 15 is 0 Å². The van der Waals surface area contributed by atoms with Crippen LogP contribution in [0.2, 0.25) is 0 Å². The van der Waals surface area contributed by atoms with Crippen molar-refractivity contribution >= 4 is 23.1 Å². The molecule has 1 heterocycles. The summed E-state index contributed by atoms with van der Waals surface area (Å²) in [7, 11) is 1.53. The Hall–Kier alpha value is -4.48. The third-order valence-corrected chi connectivity index (χ3v) is 4.06. The highest BCUT2D eigenvalue weighted by Gasteiger charge is 2.15. The van der Waals surface area contributed by atoms with E-state index in [-0.39, 0.29) is 35.9 Å². The second kappa shape index (κ2) is 9.35. The molecule has 0 aliphatic heterocycles. The van der Waals surface area contributed by atoms with Crippen LogP contribution in [0.25, 0.3) is 0 Å². The molecular formula is C19H17N5O7. The Labute approximate surface area is 175 Å². The van der Waals surface area contributed by atoms with Crippen LogP contribution in [0.5, 0.6) is 17.2 Å². The lowest BCUT2D eigenvalue weighted by Crippen LogP contribution is -2.15. The first-order valence-electron chi connectivity index (χ1n) is 8.93. The number of nitro benzene ring substituents is 1. The van der Waals surface area contributed by atoms with E-state index in [4.69, 9.17) is 9.47 Å². The van der Waals surface area contributed by atoms with Crippen LogP contribution in [0, 0.1) is 20.2 Å². The van der Waals surface area contributed by atoms with Crippen LogP contribution in [0.1, 0.15) is 6.42 Å². The SMILES string of the molecule is COc1ccc(Oc2cc(NC(=O)CCn3ccc([N+](=O)[O-])n3)cc([N+](=O)[O-])c2)cc1. The van der Waals surface area contributed by atoms with Crippen LogP contribution in [-0.2, 0) is 11.3 Å². The van der Waals surface area contributed by atoms with E-state index in [0.29, 0.717) is 11.5 Å². The highest BCUT2D eigenvalue weighted by Crippen LogP contribution is 2.30. The number of anilines is 1. The molecule has 0 atom stereocenters. The quantitative estimate of drug-likeness (QED) is 0.402. The minimum atomic E-state index is -0.635. The summed E-state index contributed by atoms with van der Waals surface area (Å²) in [6, 6.07) is 11.7. The molecule has 31 heavy (non-hydrogen) atoms. The molecule has 12 nitrogen and oxygen atoms in total. The Morgan fingerprint density at radius 3 is 2.35 bits per heavy atom. The summed E-state index contributed by atoms with van der Waals surface area (Å²) in [5.74, 6) is 0.451. The maximum absolute atomic E-state index is 12.2. The van der Waals surface area contributed by atoms with E-state index < -0.39 is 15.8 Å². The summed E-state index contributed by atoms with van der Waals surface area (Å²) in [5, 5.41) is 28.2. The summed E-state index contributed by atoms with van der Waals surface area (Å²) >= 11 is 0. The van der Waals surface area contributed by atoms with Crippen molar-refractivity contribution in [2.75, 3.05) is 12.4 Å². The monoisotopic (exact) mass is 427 g/mol. The van der Waals surface area contributed by atoms with Gasteiger partial charge in [0.2, 0.25) is 5.91 Å². The Morgan fingerprint density at radius 2 is 1.74 bits per heavy atom. The van der Waals surface area contributed by atoms with Crippen molar-refractivity contribution in [1.29, 1.82) is 0 Å². The zero-order chi connectivity index (χ0) is 22.4. The summed E-state index contributed by atoms with van der Waals surface area (Å²) in [6.45, 7) is 0.101. The van der Waals surface area contributed by atoms with Crippen LogP contribution in [0.15, 0.2) is 54.7 Å². The molecule has 0 saturated heterocycles. The first-order chi connectivity index (χ1) is 14.8. The fraction of sp³-hybridized carbons (Fsp3) is 0.158. The number of methoxy groups -OCH3 is 1. The predicted molar refractivity (Wildman–Crippen MR) is 108 cm³/mol. The van der Waals surface area contributed by atoms with Gasteiger partial charge in [-0.15, -0.1) is 0 Å². The van der Waals surface area contributed by atoms with E-state index in [2.05, 4.69) is 10.4 Å². The number of nitrogens with one attached hydrogen (secondary N) is 1. The average Bonchev–Trinajstić information content (AvgIpc) is 3.22. The molecule has 0 unspecified atom stereocenters. The molecule has 1 N–H and O–H groups in total. The average molecular weight is 427 g/mol. The van der Waals surface area contributed by atoms with Gasteiger partial charge in [0, 0.05) is 18.6 Å². The number of aryl methyl sites for hydroxylation is 1. The van der Waals surface area contributed by atoms with Crippen LogP contribution in [0.4, 0.5) is 17.2 Å². The zero-order valence-corrected chi connectivity index (χ0v) is 16.3. The van der Waals surface area contributed by atoms with Gasteiger partial charge in [0.25, 0.3) is 5.69 Å². The maximum Gasteiger partial charge on any atom is 0.389 e. The Balaban J connectivity index is 1.69. The predicted octanol–water partition coefficient (Wildman–Crippen LogP) is 3.53. The van der Waals surface area contributed by atoms with Crippen LogP contribution in [-0.4, -0.2) is 32.6 Å². The number of hydrogen-bond acceptors (Lipinski definition) is 8. The van der Waals surface area contributed by atoms with Crippen molar-refractivity contribution in [3.05, 3.63) is 75.0 Å². The molecule has 3 aromatic rings. The molecule has 0 aliphatic rings. The molecule has 1 amide bonds. The highest BCUT2D eigenvalue weighted by atomic mass is 16.6. The lowest BCUT2D eigenvalue weighted by molar-refractivity contribution is -0.389. The van der Waals surface area contributed by atoms with Crippen LogP contribution in [0.3, 0.4) is 0 Å². The van der Waals surface area contributed by atoms with E-state index in [1.165, 1.54) is 42.3 Å². The topological polar surface area (TPSA) is 152 Å². The Morgan fingerprint density at radius 1 is 1.03 bits per heavy atom. The number of benzene rings is 2. The van der Waals surface area contributed by atoms with Crippen LogP contribution < -0.4 is 14.8 Å². The second-order valence-corrected chi connectivity index (χ2v) is 6.24. The molecule has 3 rings (SSSR count). The third-order valence-electron chi connectivity index (χ3n) is 4.06. The zero-order valence-electron chi connectivity index (χ0n) is 16.3. The molecular weight excluding hydrogens is 410 g/mol. The number of aromatic nitrogens is 2. The standard InChI is InChI=1S/C19H17N5O7/c1-30-15-2-4-16(5-3-15)31-17-11-13(10-14(12-17)23(26)27)20-19(25)7-9-22-8-6-18(21-22)24(28)29/h2-6,8,10-12H,7,9H2,1H3,(H,20,25). The van der Waals surface area contributed by atoms with Gasteiger partial charge in [-0.3, -0.25) is 14.9 Å². The number of ether oxygens (including phenoxy) is 2. The number of nitro groups is 2. The van der Waals surface area contributed by atoms with Gasteiger partial charge in [0.05, 0.1) is 47.7 Å². The largest absolute Gasteiger partial charge is 0.497 e. The molecule has 0 radical (unpaired) electrons. The highest BCUT2D eigenvalue weighted by molar-refractivity contribution is 5.91. The molecule has 12 heteroatoms. The van der Waals surface area contributed by atoms with Gasteiger partial charge in [-0.2, -0.15) is 4.68 Å². The Bertz CT molecular complexity index is 1110. The smallest absolute Gasteiger partial charge is 0.389 e. The number of carbonyl (C=O) groups excluding carboxylic acids is 1. The van der Waals surface area contributed by atoms with Gasteiger partial charge >= 0.3 is 5.82 Å². The summed E-state index contributed by atoms with van der Waals surface area (Å²) in [6.07, 6.45) is 1.34. The molecule has 160 valence electrons. The molecule has 0 bridgehead atoms. The number of non-ortho nitro benzene ring substituents is 1. The molecule has 0 aliphatic carbocycles. The summed E-state index contributed by atoms with van der Waals surface area (Å²) in [4.78, 5) is 32.9. The van der Waals surface area contributed by atoms with E-state index in [1.807, 2.05) is 0 Å². The lowest BCUT2D eigenvalue weighted by atomic mass is 10.2. The van der Waals surface area contributed by atoms with Gasteiger partial charge in [0.1, 0.15) is 17.2 Å². The first-order valence-corrected chi connectivity index (χ1v) is 8.93. The molecule has 0 saturated carbocycles. The summed E-state index contributed by atoms with van der Waals surface area (Å²) in [5.41, 5.74) is -0.0850.